The Morgan fingerprint density at radius 3 is 2.82 bits per heavy atom. The van der Waals surface area contributed by atoms with Gasteiger partial charge in [-0.1, -0.05) is 6.07 Å². The molecule has 1 heterocycles. The molecule has 0 bridgehead atoms. The molecule has 5 heteroatoms. The number of anilines is 1. The zero-order chi connectivity index (χ0) is 12.6. The second-order valence-corrected chi connectivity index (χ2v) is 4.32. The van der Waals surface area contributed by atoms with Gasteiger partial charge in [0, 0.05) is 19.0 Å². The van der Waals surface area contributed by atoms with Crippen molar-refractivity contribution in [2.24, 2.45) is 0 Å². The van der Waals surface area contributed by atoms with Crippen molar-refractivity contribution >= 4 is 28.4 Å². The van der Waals surface area contributed by atoms with Gasteiger partial charge in [-0.25, -0.2) is 0 Å². The summed E-state index contributed by atoms with van der Waals surface area (Å²) in [5, 5.41) is -0.518. The minimum Gasteiger partial charge on any atom is -0.496 e. The van der Waals surface area contributed by atoms with Crippen LogP contribution in [0.5, 0.6) is 5.75 Å². The lowest BCUT2D eigenvalue weighted by Gasteiger charge is -2.10. The van der Waals surface area contributed by atoms with E-state index in [1.54, 1.807) is 13.1 Å². The van der Waals surface area contributed by atoms with E-state index in [0.717, 1.165) is 11.3 Å². The predicted molar refractivity (Wildman–Crippen MR) is 64.6 cm³/mol. The molecule has 4 nitrogen and oxygen atoms in total. The average molecular weight is 254 g/mol. The van der Waals surface area contributed by atoms with Gasteiger partial charge in [0.05, 0.1) is 18.7 Å². The standard InChI is InChI=1S/C12H12ClNO3/c1-14-8-4-3-5-9(17-2)11(8)7(12(14)16)6-10(13)15/h3-5,7H,6H2,1-2H3. The van der Waals surface area contributed by atoms with Crippen molar-refractivity contribution in [3.8, 4) is 5.75 Å². The number of likely N-dealkylation sites (N-methyl/N-ethyl adjacent to an activating group) is 1. The summed E-state index contributed by atoms with van der Waals surface area (Å²) >= 11 is 5.38. The van der Waals surface area contributed by atoms with Crippen LogP contribution < -0.4 is 9.64 Å². The third-order valence-corrected chi connectivity index (χ3v) is 3.12. The first-order chi connectivity index (χ1) is 8.06. The topological polar surface area (TPSA) is 46.6 Å². The molecule has 1 unspecified atom stereocenters. The van der Waals surface area contributed by atoms with E-state index in [1.807, 2.05) is 12.1 Å². The number of ether oxygens (including phenoxy) is 1. The molecular weight excluding hydrogens is 242 g/mol. The van der Waals surface area contributed by atoms with Gasteiger partial charge in [0.1, 0.15) is 5.75 Å². The summed E-state index contributed by atoms with van der Waals surface area (Å²) in [5.41, 5.74) is 1.52. The fourth-order valence-corrected chi connectivity index (χ4v) is 2.33. The number of benzene rings is 1. The molecule has 1 aliphatic rings. The summed E-state index contributed by atoms with van der Waals surface area (Å²) in [4.78, 5) is 24.6. The maximum absolute atomic E-state index is 12.0. The zero-order valence-electron chi connectivity index (χ0n) is 9.57. The van der Waals surface area contributed by atoms with Crippen LogP contribution in [0.4, 0.5) is 5.69 Å². The van der Waals surface area contributed by atoms with Crippen LogP contribution in [-0.4, -0.2) is 25.3 Å². The van der Waals surface area contributed by atoms with E-state index in [2.05, 4.69) is 0 Å². The first kappa shape index (κ1) is 11.9. The Hall–Kier alpha value is -1.55. The number of rotatable bonds is 3. The van der Waals surface area contributed by atoms with Crippen LogP contribution in [-0.2, 0) is 9.59 Å². The number of nitrogens with zero attached hydrogens (tertiary/aromatic N) is 1. The van der Waals surface area contributed by atoms with Crippen molar-refractivity contribution in [3.63, 3.8) is 0 Å². The number of amides is 1. The molecule has 1 aliphatic heterocycles. The molecule has 0 saturated carbocycles. The number of hydrogen-bond acceptors (Lipinski definition) is 3. The molecule has 0 radical (unpaired) electrons. The number of halogens is 1. The Balaban J connectivity index is 2.53. The van der Waals surface area contributed by atoms with E-state index < -0.39 is 11.2 Å². The Kier molecular flexibility index (Phi) is 3.07. The summed E-state index contributed by atoms with van der Waals surface area (Å²) in [6.07, 6.45) is -0.00188. The van der Waals surface area contributed by atoms with Crippen molar-refractivity contribution in [1.29, 1.82) is 0 Å². The fourth-order valence-electron chi connectivity index (χ4n) is 2.18. The van der Waals surface area contributed by atoms with Crippen LogP contribution in [0, 0.1) is 0 Å². The third kappa shape index (κ3) is 1.89. The van der Waals surface area contributed by atoms with Crippen LogP contribution >= 0.6 is 11.6 Å². The van der Waals surface area contributed by atoms with E-state index in [4.69, 9.17) is 16.3 Å². The lowest BCUT2D eigenvalue weighted by atomic mass is 9.97. The minimum atomic E-state index is -0.531. The van der Waals surface area contributed by atoms with Crippen molar-refractivity contribution in [1.82, 2.24) is 0 Å². The van der Waals surface area contributed by atoms with Gasteiger partial charge in [0.15, 0.2) is 0 Å². The van der Waals surface area contributed by atoms with Crippen molar-refractivity contribution < 1.29 is 14.3 Å². The Labute approximate surface area is 104 Å². The Morgan fingerprint density at radius 1 is 1.53 bits per heavy atom. The normalized spacial score (nSPS) is 18.2. The maximum atomic E-state index is 12.0. The molecule has 90 valence electrons. The molecule has 0 spiro atoms. The summed E-state index contributed by atoms with van der Waals surface area (Å²) in [6, 6.07) is 5.41. The van der Waals surface area contributed by atoms with Crippen molar-refractivity contribution in [3.05, 3.63) is 23.8 Å². The van der Waals surface area contributed by atoms with Crippen LogP contribution in [0.25, 0.3) is 0 Å². The highest BCUT2D eigenvalue weighted by atomic mass is 35.5. The molecule has 0 aromatic heterocycles. The van der Waals surface area contributed by atoms with Crippen LogP contribution in [0.2, 0.25) is 0 Å². The second-order valence-electron chi connectivity index (χ2n) is 3.90. The highest BCUT2D eigenvalue weighted by Crippen LogP contribution is 2.43. The van der Waals surface area contributed by atoms with Crippen LogP contribution in [0.3, 0.4) is 0 Å². The smallest absolute Gasteiger partial charge is 0.234 e. The molecule has 1 aromatic rings. The fraction of sp³-hybridized carbons (Fsp3) is 0.333. The number of hydrogen-bond donors (Lipinski definition) is 0. The van der Waals surface area contributed by atoms with Gasteiger partial charge in [0.25, 0.3) is 0 Å². The molecule has 2 rings (SSSR count). The molecule has 17 heavy (non-hydrogen) atoms. The minimum absolute atomic E-state index is 0.00188. The van der Waals surface area contributed by atoms with Gasteiger partial charge in [-0.2, -0.15) is 0 Å². The highest BCUT2D eigenvalue weighted by molar-refractivity contribution is 6.63. The van der Waals surface area contributed by atoms with E-state index in [1.165, 1.54) is 12.0 Å². The van der Waals surface area contributed by atoms with Gasteiger partial charge >= 0.3 is 0 Å². The largest absolute Gasteiger partial charge is 0.496 e. The van der Waals surface area contributed by atoms with Crippen LogP contribution in [0.15, 0.2) is 18.2 Å². The monoisotopic (exact) mass is 253 g/mol. The second kappa shape index (κ2) is 4.37. The van der Waals surface area contributed by atoms with Gasteiger partial charge < -0.3 is 9.64 Å². The lowest BCUT2D eigenvalue weighted by molar-refractivity contribution is -0.121. The van der Waals surface area contributed by atoms with E-state index in [9.17, 15) is 9.59 Å². The molecule has 0 fully saturated rings. The van der Waals surface area contributed by atoms with Gasteiger partial charge in [-0.05, 0) is 23.7 Å². The maximum Gasteiger partial charge on any atom is 0.234 e. The quantitative estimate of drug-likeness (QED) is 0.773. The number of carbonyl (C=O) groups is 2. The molecule has 0 saturated heterocycles. The van der Waals surface area contributed by atoms with E-state index in [-0.39, 0.29) is 12.3 Å². The van der Waals surface area contributed by atoms with Gasteiger partial charge in [-0.15, -0.1) is 0 Å². The van der Waals surface area contributed by atoms with Crippen LogP contribution in [0.1, 0.15) is 17.9 Å². The van der Waals surface area contributed by atoms with E-state index in [0.29, 0.717) is 5.75 Å². The molecular formula is C12H12ClNO3. The highest BCUT2D eigenvalue weighted by Gasteiger charge is 2.38. The first-order valence-electron chi connectivity index (χ1n) is 5.19. The van der Waals surface area contributed by atoms with Gasteiger partial charge in [0.2, 0.25) is 11.1 Å². The molecule has 0 aliphatic carbocycles. The number of fused-ring (bicyclic) bond motifs is 1. The average Bonchev–Trinajstić information content (AvgIpc) is 2.54. The summed E-state index contributed by atoms with van der Waals surface area (Å²) in [5.74, 6) is -0.0437. The Bertz CT molecular complexity index is 487. The SMILES string of the molecule is COc1cccc2c1C(CC(=O)Cl)C(=O)N2C. The zero-order valence-corrected chi connectivity index (χ0v) is 10.3. The lowest BCUT2D eigenvalue weighted by Crippen LogP contribution is -2.24. The molecule has 1 amide bonds. The van der Waals surface area contributed by atoms with Crippen molar-refractivity contribution in [2.45, 2.75) is 12.3 Å². The van der Waals surface area contributed by atoms with E-state index >= 15 is 0 Å². The third-order valence-electron chi connectivity index (χ3n) is 2.97. The summed E-state index contributed by atoms with van der Waals surface area (Å²) < 4.78 is 5.23. The molecule has 1 aromatic carbocycles. The predicted octanol–water partition coefficient (Wildman–Crippen LogP) is 1.91. The summed E-state index contributed by atoms with van der Waals surface area (Å²) in [6.45, 7) is 0. The number of methoxy groups -OCH3 is 1. The molecule has 1 atom stereocenters. The Morgan fingerprint density at radius 2 is 2.24 bits per heavy atom. The van der Waals surface area contributed by atoms with Gasteiger partial charge in [-0.3, -0.25) is 9.59 Å². The molecule has 0 N–H and O–H groups in total. The number of carbonyl (C=O) groups excluding carboxylic acids is 2. The summed E-state index contributed by atoms with van der Waals surface area (Å²) in [7, 11) is 3.22. The first-order valence-corrected chi connectivity index (χ1v) is 5.57. The van der Waals surface area contributed by atoms with Crippen molar-refractivity contribution in [2.75, 3.05) is 19.1 Å².